The molecular weight excluding hydrogens is 500 g/mol. The normalized spacial score (nSPS) is 19.4. The molecule has 0 saturated carbocycles. The summed E-state index contributed by atoms with van der Waals surface area (Å²) in [4.78, 5) is 39.3. The number of hydrogen-bond acceptors (Lipinski definition) is 8. The Morgan fingerprint density at radius 3 is 2.59 bits per heavy atom. The van der Waals surface area contributed by atoms with Crippen LogP contribution < -0.4 is 14.8 Å². The zero-order valence-electron chi connectivity index (χ0n) is 22.5. The van der Waals surface area contributed by atoms with Crippen LogP contribution in [0.2, 0.25) is 0 Å². The summed E-state index contributed by atoms with van der Waals surface area (Å²) in [5.74, 6) is -1.60. The van der Waals surface area contributed by atoms with Crippen LogP contribution in [0.4, 0.5) is 0 Å². The number of benzene rings is 2. The monoisotopic (exact) mass is 530 g/mol. The number of methoxy groups -OCH3 is 1. The maximum Gasteiger partial charge on any atom is 0.194 e. The molecule has 0 fully saturated rings. The Labute approximate surface area is 225 Å². The summed E-state index contributed by atoms with van der Waals surface area (Å²) in [6.07, 6.45) is 3.94. The quantitative estimate of drug-likeness (QED) is 0.179. The summed E-state index contributed by atoms with van der Waals surface area (Å²) in [7, 11) is 1.64. The molecule has 9 heteroatoms. The molecule has 0 saturated heterocycles. The van der Waals surface area contributed by atoms with Gasteiger partial charge in [0, 0.05) is 42.0 Å². The molecule has 202 valence electrons. The van der Waals surface area contributed by atoms with Crippen LogP contribution in [0.25, 0.3) is 10.9 Å². The number of aryl methyl sites for hydroxylation is 1. The van der Waals surface area contributed by atoms with Crippen LogP contribution in [-0.2, 0) is 21.5 Å². The first-order valence-electron chi connectivity index (χ1n) is 12.7. The lowest BCUT2D eigenvalue weighted by atomic mass is 9.70. The smallest absolute Gasteiger partial charge is 0.194 e. The van der Waals surface area contributed by atoms with Crippen molar-refractivity contribution in [3.05, 3.63) is 70.3 Å². The van der Waals surface area contributed by atoms with E-state index in [1.54, 1.807) is 21.0 Å². The SMILES string of the molecule is COc1cccc2c1ccn2CCCNC(C)=C1C(=O)C=C2Oc3c(C(C)=O)c(O)c(C)c(O)c3[C@@]2(C)C1=O. The third-order valence-corrected chi connectivity index (χ3v) is 7.72. The first-order chi connectivity index (χ1) is 18.5. The number of carbonyl (C=O) groups excluding carboxylic acids is 3. The molecule has 0 amide bonds. The number of phenolic OH excluding ortho intramolecular Hbond substituents is 2. The molecular formula is C30H30N2O7. The van der Waals surface area contributed by atoms with E-state index < -0.39 is 28.5 Å². The number of aromatic nitrogens is 1. The van der Waals surface area contributed by atoms with Crippen LogP contribution in [0.1, 0.15) is 48.7 Å². The predicted molar refractivity (Wildman–Crippen MR) is 144 cm³/mol. The average Bonchev–Trinajstić information content (AvgIpc) is 3.44. The fourth-order valence-corrected chi connectivity index (χ4v) is 5.54. The standard InChI is InChI=1S/C30H30N2O7/c1-15-26(35)24(17(3)33)28-25(27(15)36)30(4)22(39-28)14-20(34)23(29(30)37)16(2)31-11-7-12-32-13-10-18-19(32)8-6-9-21(18)38-5/h6,8-10,13-14,31,35-36H,7,11-12H2,1-5H3/t30-/m0/s1. The van der Waals surface area contributed by atoms with E-state index in [-0.39, 0.29) is 39.5 Å². The number of nitrogens with zero attached hydrogens (tertiary/aromatic N) is 1. The number of hydrogen-bond donors (Lipinski definition) is 3. The van der Waals surface area contributed by atoms with Gasteiger partial charge in [-0.05, 0) is 52.3 Å². The Hall–Kier alpha value is -4.53. The molecule has 0 bridgehead atoms. The minimum Gasteiger partial charge on any atom is -0.507 e. The fourth-order valence-electron chi connectivity index (χ4n) is 5.54. The van der Waals surface area contributed by atoms with E-state index in [0.717, 1.165) is 23.1 Å². The van der Waals surface area contributed by atoms with Gasteiger partial charge in [0.25, 0.3) is 0 Å². The van der Waals surface area contributed by atoms with Crippen molar-refractivity contribution in [1.82, 2.24) is 9.88 Å². The first-order valence-corrected chi connectivity index (χ1v) is 12.7. The molecule has 0 spiro atoms. The molecule has 1 aromatic heterocycles. The van der Waals surface area contributed by atoms with Gasteiger partial charge in [-0.25, -0.2) is 0 Å². The second kappa shape index (κ2) is 9.34. The molecule has 3 N–H and O–H groups in total. The lowest BCUT2D eigenvalue weighted by molar-refractivity contribution is -0.123. The number of phenols is 2. The van der Waals surface area contributed by atoms with Gasteiger partial charge < -0.3 is 29.6 Å². The second-order valence-electron chi connectivity index (χ2n) is 10.1. The summed E-state index contributed by atoms with van der Waals surface area (Å²) in [6.45, 7) is 7.15. The number of ether oxygens (including phenoxy) is 2. The highest BCUT2D eigenvalue weighted by Crippen LogP contribution is 2.57. The van der Waals surface area contributed by atoms with E-state index >= 15 is 0 Å². The van der Waals surface area contributed by atoms with Gasteiger partial charge in [0.2, 0.25) is 0 Å². The largest absolute Gasteiger partial charge is 0.507 e. The van der Waals surface area contributed by atoms with Crippen LogP contribution in [0.5, 0.6) is 23.0 Å². The number of carbonyl (C=O) groups is 3. The molecule has 0 unspecified atom stereocenters. The summed E-state index contributed by atoms with van der Waals surface area (Å²) >= 11 is 0. The number of Topliss-reactive ketones (excluding diaryl/α,β-unsaturated/α-hetero) is 2. The van der Waals surface area contributed by atoms with Crippen LogP contribution >= 0.6 is 0 Å². The highest BCUT2D eigenvalue weighted by atomic mass is 16.5. The van der Waals surface area contributed by atoms with E-state index in [9.17, 15) is 24.6 Å². The van der Waals surface area contributed by atoms with Crippen molar-refractivity contribution < 1.29 is 34.1 Å². The minimum atomic E-state index is -1.53. The lowest BCUT2D eigenvalue weighted by Gasteiger charge is -2.29. The number of ketones is 3. The van der Waals surface area contributed by atoms with Crippen molar-refractivity contribution in [2.45, 2.75) is 46.1 Å². The molecule has 3 aromatic rings. The van der Waals surface area contributed by atoms with E-state index in [4.69, 9.17) is 9.47 Å². The fraction of sp³-hybridized carbons (Fsp3) is 0.300. The van der Waals surface area contributed by atoms with Crippen molar-refractivity contribution in [3.63, 3.8) is 0 Å². The number of nitrogens with one attached hydrogen (secondary N) is 1. The first kappa shape index (κ1) is 26.1. The summed E-state index contributed by atoms with van der Waals surface area (Å²) in [6, 6.07) is 7.89. The zero-order valence-corrected chi connectivity index (χ0v) is 22.5. The van der Waals surface area contributed by atoms with Crippen molar-refractivity contribution in [1.29, 1.82) is 0 Å². The molecule has 0 radical (unpaired) electrons. The second-order valence-corrected chi connectivity index (χ2v) is 10.1. The van der Waals surface area contributed by atoms with Crippen molar-refractivity contribution in [3.8, 4) is 23.0 Å². The molecule has 2 heterocycles. The van der Waals surface area contributed by atoms with Crippen LogP contribution in [0.15, 0.2) is 53.6 Å². The molecule has 9 nitrogen and oxygen atoms in total. The maximum absolute atomic E-state index is 13.9. The Balaban J connectivity index is 1.41. The average molecular weight is 531 g/mol. The van der Waals surface area contributed by atoms with Crippen LogP contribution in [0, 0.1) is 6.92 Å². The van der Waals surface area contributed by atoms with Crippen LogP contribution in [-0.4, -0.2) is 45.8 Å². The molecule has 2 aliphatic rings. The van der Waals surface area contributed by atoms with E-state index in [1.165, 1.54) is 19.9 Å². The molecule has 39 heavy (non-hydrogen) atoms. The van der Waals surface area contributed by atoms with Gasteiger partial charge in [0.1, 0.15) is 39.7 Å². The van der Waals surface area contributed by atoms with Gasteiger partial charge in [0.15, 0.2) is 17.3 Å². The molecule has 1 atom stereocenters. The summed E-state index contributed by atoms with van der Waals surface area (Å²) in [5.41, 5.74) is -0.0974. The number of aromatic hydroxyl groups is 2. The summed E-state index contributed by atoms with van der Waals surface area (Å²) < 4.78 is 13.4. The molecule has 2 aromatic carbocycles. The third-order valence-electron chi connectivity index (χ3n) is 7.72. The van der Waals surface area contributed by atoms with E-state index in [1.807, 2.05) is 30.5 Å². The van der Waals surface area contributed by atoms with Crippen LogP contribution in [0.3, 0.4) is 0 Å². The predicted octanol–water partition coefficient (Wildman–Crippen LogP) is 4.21. The number of rotatable bonds is 7. The van der Waals surface area contributed by atoms with Gasteiger partial charge >= 0.3 is 0 Å². The minimum absolute atomic E-state index is 0.0155. The van der Waals surface area contributed by atoms with Gasteiger partial charge in [-0.1, -0.05) is 6.07 Å². The van der Waals surface area contributed by atoms with Gasteiger partial charge in [-0.3, -0.25) is 14.4 Å². The molecule has 5 rings (SSSR count). The van der Waals surface area contributed by atoms with Crippen molar-refractivity contribution >= 4 is 28.3 Å². The highest BCUT2D eigenvalue weighted by Gasteiger charge is 2.56. The van der Waals surface area contributed by atoms with Crippen molar-refractivity contribution in [2.75, 3.05) is 13.7 Å². The van der Waals surface area contributed by atoms with Gasteiger partial charge in [0.05, 0.1) is 23.8 Å². The Morgan fingerprint density at radius 2 is 1.90 bits per heavy atom. The van der Waals surface area contributed by atoms with Crippen molar-refractivity contribution in [2.24, 2.45) is 0 Å². The topological polar surface area (TPSA) is 127 Å². The van der Waals surface area contributed by atoms with Gasteiger partial charge in [-0.15, -0.1) is 0 Å². The van der Waals surface area contributed by atoms with E-state index in [2.05, 4.69) is 9.88 Å². The third kappa shape index (κ3) is 3.79. The Kier molecular flexibility index (Phi) is 6.25. The maximum atomic E-state index is 13.9. The lowest BCUT2D eigenvalue weighted by Crippen LogP contribution is -2.41. The van der Waals surface area contributed by atoms with E-state index in [0.29, 0.717) is 18.8 Å². The molecule has 1 aliphatic carbocycles. The zero-order chi connectivity index (χ0) is 28.2. The number of allylic oxidation sites excluding steroid dienone is 4. The Morgan fingerprint density at radius 1 is 1.15 bits per heavy atom. The Bertz CT molecular complexity index is 1640. The molecule has 1 aliphatic heterocycles. The van der Waals surface area contributed by atoms with Gasteiger partial charge in [-0.2, -0.15) is 0 Å². The number of fused-ring (bicyclic) bond motifs is 4. The highest BCUT2D eigenvalue weighted by molar-refractivity contribution is 6.31. The summed E-state index contributed by atoms with van der Waals surface area (Å²) in [5, 5.41) is 25.7.